The highest BCUT2D eigenvalue weighted by Gasteiger charge is 2.17. The van der Waals surface area contributed by atoms with Crippen molar-refractivity contribution in [3.8, 4) is 0 Å². The molecule has 0 fully saturated rings. The third-order valence-electron chi connectivity index (χ3n) is 2.62. The molecule has 0 spiro atoms. The first-order chi connectivity index (χ1) is 7.84. The van der Waals surface area contributed by atoms with E-state index in [2.05, 4.69) is 21.2 Å². The summed E-state index contributed by atoms with van der Waals surface area (Å²) in [4.78, 5) is 23.3. The lowest BCUT2D eigenvalue weighted by molar-refractivity contribution is -0.123. The third kappa shape index (κ3) is 4.34. The van der Waals surface area contributed by atoms with Gasteiger partial charge in [0.05, 0.1) is 0 Å². The van der Waals surface area contributed by atoms with Crippen molar-refractivity contribution in [3.05, 3.63) is 33.2 Å². The van der Waals surface area contributed by atoms with Gasteiger partial charge in [0, 0.05) is 22.3 Å². The average Bonchev–Trinajstić information content (AvgIpc) is 2.23. The van der Waals surface area contributed by atoms with Crippen LogP contribution in [-0.4, -0.2) is 16.0 Å². The summed E-state index contributed by atoms with van der Waals surface area (Å²) < 4.78 is 2.16. The Balaban J connectivity index is 2.75. The van der Waals surface area contributed by atoms with Crippen molar-refractivity contribution in [1.82, 2.24) is 9.88 Å². The van der Waals surface area contributed by atoms with Crippen LogP contribution in [0.1, 0.15) is 27.2 Å². The smallest absolute Gasteiger partial charge is 0.251 e. The van der Waals surface area contributed by atoms with Crippen LogP contribution in [0.5, 0.6) is 0 Å². The summed E-state index contributed by atoms with van der Waals surface area (Å²) in [5.41, 5.74) is -0.426. The minimum atomic E-state index is -0.243. The molecule has 0 unspecified atom stereocenters. The highest BCUT2D eigenvalue weighted by molar-refractivity contribution is 9.10. The number of amides is 1. The predicted molar refractivity (Wildman–Crippen MR) is 70.9 cm³/mol. The number of pyridine rings is 1. The topological polar surface area (TPSA) is 51.1 Å². The van der Waals surface area contributed by atoms with Crippen molar-refractivity contribution in [1.29, 1.82) is 0 Å². The van der Waals surface area contributed by atoms with Crippen LogP contribution in [0.2, 0.25) is 0 Å². The minimum Gasteiger partial charge on any atom is -0.350 e. The summed E-state index contributed by atoms with van der Waals surface area (Å²) in [6.45, 7) is 5.95. The summed E-state index contributed by atoms with van der Waals surface area (Å²) in [6.07, 6.45) is 2.45. The van der Waals surface area contributed by atoms with Gasteiger partial charge in [-0.3, -0.25) is 9.59 Å². The van der Waals surface area contributed by atoms with Crippen molar-refractivity contribution in [3.63, 3.8) is 0 Å². The van der Waals surface area contributed by atoms with E-state index in [4.69, 9.17) is 0 Å². The van der Waals surface area contributed by atoms with Crippen molar-refractivity contribution in [2.24, 2.45) is 0 Å². The van der Waals surface area contributed by atoms with E-state index >= 15 is 0 Å². The number of hydrogen-bond donors (Lipinski definition) is 1. The summed E-state index contributed by atoms with van der Waals surface area (Å²) >= 11 is 3.27. The standard InChI is InChI=1S/C12H17BrN2O2/c1-4-12(2,3)14-10(16)8-15-7-9(13)5-6-11(15)17/h5-7H,4,8H2,1-3H3,(H,14,16). The van der Waals surface area contributed by atoms with Crippen LogP contribution in [0.3, 0.4) is 0 Å². The SMILES string of the molecule is CCC(C)(C)NC(=O)Cn1cc(Br)ccc1=O. The number of halogens is 1. The van der Waals surface area contributed by atoms with Gasteiger partial charge in [0.15, 0.2) is 0 Å². The molecule has 5 heteroatoms. The fraction of sp³-hybridized carbons (Fsp3) is 0.500. The van der Waals surface area contributed by atoms with E-state index in [1.807, 2.05) is 20.8 Å². The molecule has 94 valence electrons. The van der Waals surface area contributed by atoms with E-state index in [0.717, 1.165) is 10.9 Å². The van der Waals surface area contributed by atoms with Gasteiger partial charge in [-0.05, 0) is 42.3 Å². The van der Waals surface area contributed by atoms with E-state index in [-0.39, 0.29) is 23.6 Å². The number of hydrogen-bond acceptors (Lipinski definition) is 2. The molecule has 0 radical (unpaired) electrons. The van der Waals surface area contributed by atoms with Gasteiger partial charge in [-0.25, -0.2) is 0 Å². The van der Waals surface area contributed by atoms with Gasteiger partial charge in [-0.2, -0.15) is 0 Å². The summed E-state index contributed by atoms with van der Waals surface area (Å²) in [6, 6.07) is 3.09. The van der Waals surface area contributed by atoms with Gasteiger partial charge in [-0.1, -0.05) is 6.92 Å². The van der Waals surface area contributed by atoms with Gasteiger partial charge in [-0.15, -0.1) is 0 Å². The van der Waals surface area contributed by atoms with Crippen LogP contribution in [-0.2, 0) is 11.3 Å². The first kappa shape index (κ1) is 14.0. The molecule has 4 nitrogen and oxygen atoms in total. The number of carbonyl (C=O) groups is 1. The number of carbonyl (C=O) groups excluding carboxylic acids is 1. The molecule has 0 aromatic carbocycles. The summed E-state index contributed by atoms with van der Waals surface area (Å²) in [7, 11) is 0. The molecule has 0 aliphatic rings. The van der Waals surface area contributed by atoms with Gasteiger partial charge < -0.3 is 9.88 Å². The first-order valence-electron chi connectivity index (χ1n) is 5.51. The molecular weight excluding hydrogens is 284 g/mol. The fourth-order valence-corrected chi connectivity index (χ4v) is 1.67. The number of rotatable bonds is 4. The Morgan fingerprint density at radius 1 is 1.47 bits per heavy atom. The molecule has 0 aliphatic carbocycles. The number of nitrogens with zero attached hydrogens (tertiary/aromatic N) is 1. The third-order valence-corrected chi connectivity index (χ3v) is 3.09. The van der Waals surface area contributed by atoms with Crippen LogP contribution in [0.15, 0.2) is 27.6 Å². The monoisotopic (exact) mass is 300 g/mol. The first-order valence-corrected chi connectivity index (χ1v) is 6.30. The summed E-state index contributed by atoms with van der Waals surface area (Å²) in [5, 5.41) is 2.89. The van der Waals surface area contributed by atoms with Crippen molar-refractivity contribution in [2.45, 2.75) is 39.3 Å². The average molecular weight is 301 g/mol. The Morgan fingerprint density at radius 3 is 2.71 bits per heavy atom. The van der Waals surface area contributed by atoms with Crippen LogP contribution >= 0.6 is 15.9 Å². The molecule has 1 N–H and O–H groups in total. The molecule has 0 bridgehead atoms. The largest absolute Gasteiger partial charge is 0.350 e. The summed E-state index contributed by atoms with van der Waals surface area (Å²) in [5.74, 6) is -0.156. The van der Waals surface area contributed by atoms with E-state index in [9.17, 15) is 9.59 Å². The van der Waals surface area contributed by atoms with Gasteiger partial charge in [0.1, 0.15) is 6.54 Å². The Hall–Kier alpha value is -1.10. The maximum absolute atomic E-state index is 11.8. The van der Waals surface area contributed by atoms with E-state index in [1.165, 1.54) is 10.6 Å². The van der Waals surface area contributed by atoms with Crippen LogP contribution in [0.4, 0.5) is 0 Å². The van der Waals surface area contributed by atoms with Crippen molar-refractivity contribution < 1.29 is 4.79 Å². The second kappa shape index (κ2) is 5.49. The normalized spacial score (nSPS) is 11.3. The Kier molecular flexibility index (Phi) is 4.51. The molecule has 1 heterocycles. The number of nitrogens with one attached hydrogen (secondary N) is 1. The molecule has 0 atom stereocenters. The lowest BCUT2D eigenvalue weighted by Gasteiger charge is -2.24. The second-order valence-corrected chi connectivity index (χ2v) is 5.51. The van der Waals surface area contributed by atoms with Crippen molar-refractivity contribution in [2.75, 3.05) is 0 Å². The van der Waals surface area contributed by atoms with E-state index < -0.39 is 0 Å². The lowest BCUT2D eigenvalue weighted by atomic mass is 10.0. The minimum absolute atomic E-state index is 0.0434. The molecule has 1 amide bonds. The molecule has 0 saturated carbocycles. The highest BCUT2D eigenvalue weighted by atomic mass is 79.9. The maximum atomic E-state index is 11.8. The van der Waals surface area contributed by atoms with Gasteiger partial charge in [0.25, 0.3) is 5.56 Å². The van der Waals surface area contributed by atoms with Crippen LogP contribution in [0, 0.1) is 0 Å². The molecule has 1 aromatic rings. The Morgan fingerprint density at radius 2 is 2.12 bits per heavy atom. The molecular formula is C12H17BrN2O2. The van der Waals surface area contributed by atoms with Crippen LogP contribution in [0.25, 0.3) is 0 Å². The second-order valence-electron chi connectivity index (χ2n) is 4.60. The Labute approximate surface area is 109 Å². The van der Waals surface area contributed by atoms with Crippen molar-refractivity contribution >= 4 is 21.8 Å². The zero-order valence-electron chi connectivity index (χ0n) is 10.3. The van der Waals surface area contributed by atoms with Crippen LogP contribution < -0.4 is 10.9 Å². The van der Waals surface area contributed by atoms with E-state index in [1.54, 1.807) is 12.3 Å². The van der Waals surface area contributed by atoms with E-state index in [0.29, 0.717) is 0 Å². The molecule has 0 saturated heterocycles. The fourth-order valence-electron chi connectivity index (χ4n) is 1.29. The lowest BCUT2D eigenvalue weighted by Crippen LogP contribution is -2.45. The quantitative estimate of drug-likeness (QED) is 0.923. The zero-order valence-corrected chi connectivity index (χ0v) is 11.9. The van der Waals surface area contributed by atoms with Gasteiger partial charge >= 0.3 is 0 Å². The predicted octanol–water partition coefficient (Wildman–Crippen LogP) is 1.92. The number of aromatic nitrogens is 1. The maximum Gasteiger partial charge on any atom is 0.251 e. The Bertz CT molecular complexity index is 466. The zero-order chi connectivity index (χ0) is 13.1. The molecule has 1 rings (SSSR count). The van der Waals surface area contributed by atoms with Gasteiger partial charge in [0.2, 0.25) is 5.91 Å². The molecule has 17 heavy (non-hydrogen) atoms. The molecule has 1 aromatic heterocycles. The highest BCUT2D eigenvalue weighted by Crippen LogP contribution is 2.07. The molecule has 0 aliphatic heterocycles.